The van der Waals surface area contributed by atoms with Gasteiger partial charge in [0.1, 0.15) is 11.7 Å². The maximum absolute atomic E-state index is 10.4. The predicted molar refractivity (Wildman–Crippen MR) is 55.9 cm³/mol. The van der Waals surface area contributed by atoms with Gasteiger partial charge in [-0.3, -0.25) is 0 Å². The first kappa shape index (κ1) is 9.55. The van der Waals surface area contributed by atoms with E-state index in [1.807, 2.05) is 25.0 Å². The Kier molecular flexibility index (Phi) is 3.56. The van der Waals surface area contributed by atoms with Gasteiger partial charge >= 0.3 is 0 Å². The minimum absolute atomic E-state index is 0.129. The molecule has 2 nitrogen and oxygen atoms in total. The van der Waals surface area contributed by atoms with Crippen molar-refractivity contribution in [2.45, 2.75) is 10.8 Å². The molecular weight excluding hydrogens is 267 g/mol. The lowest BCUT2D eigenvalue weighted by atomic mass is 10.1. The molecule has 0 amide bonds. The largest absolute Gasteiger partial charge is 0.494 e. The second-order valence-electron chi connectivity index (χ2n) is 2.30. The van der Waals surface area contributed by atoms with Gasteiger partial charge in [-0.05, 0) is 19.1 Å². The zero-order chi connectivity index (χ0) is 8.97. The van der Waals surface area contributed by atoms with E-state index in [9.17, 15) is 4.79 Å². The zero-order valence-electron chi connectivity index (χ0n) is 6.71. The van der Waals surface area contributed by atoms with E-state index in [-0.39, 0.29) is 3.92 Å². The molecule has 1 aliphatic carbocycles. The van der Waals surface area contributed by atoms with Crippen molar-refractivity contribution in [3.8, 4) is 0 Å². The van der Waals surface area contributed by atoms with Crippen molar-refractivity contribution in [2.75, 3.05) is 6.61 Å². The standard InChI is InChI=1S/C9H9IO2/c1-2-12-8-3-4-9(10)7(5-8)6-11/h3-5,9H,2H2,1H3. The topological polar surface area (TPSA) is 26.3 Å². The van der Waals surface area contributed by atoms with E-state index >= 15 is 0 Å². The van der Waals surface area contributed by atoms with Crippen molar-refractivity contribution < 1.29 is 9.53 Å². The van der Waals surface area contributed by atoms with Crippen molar-refractivity contribution in [1.82, 2.24) is 0 Å². The predicted octanol–water partition coefficient (Wildman–Crippen LogP) is 2.04. The molecule has 1 unspecified atom stereocenters. The van der Waals surface area contributed by atoms with Crippen molar-refractivity contribution in [1.29, 1.82) is 0 Å². The van der Waals surface area contributed by atoms with Crippen LogP contribution in [0.25, 0.3) is 0 Å². The van der Waals surface area contributed by atoms with Crippen molar-refractivity contribution in [3.63, 3.8) is 0 Å². The Morgan fingerprint density at radius 3 is 3.08 bits per heavy atom. The fourth-order valence-electron chi connectivity index (χ4n) is 0.906. The Balaban J connectivity index is 2.81. The van der Waals surface area contributed by atoms with Crippen LogP contribution in [-0.4, -0.2) is 16.5 Å². The Hall–Kier alpha value is -0.540. The van der Waals surface area contributed by atoms with E-state index in [4.69, 9.17) is 4.74 Å². The summed E-state index contributed by atoms with van der Waals surface area (Å²) in [6, 6.07) is 0. The molecule has 1 atom stereocenters. The SMILES string of the molecule is CCOC1=CC(=C=O)C(I)C=C1. The normalized spacial score (nSPS) is 21.7. The second kappa shape index (κ2) is 4.48. The monoisotopic (exact) mass is 276 g/mol. The summed E-state index contributed by atoms with van der Waals surface area (Å²) in [5, 5.41) is 0. The van der Waals surface area contributed by atoms with Crippen LogP contribution < -0.4 is 0 Å². The van der Waals surface area contributed by atoms with Gasteiger partial charge in [-0.2, -0.15) is 0 Å². The molecule has 0 aromatic heterocycles. The first-order chi connectivity index (χ1) is 5.77. The fourth-order valence-corrected chi connectivity index (χ4v) is 1.42. The molecule has 0 aliphatic heterocycles. The summed E-state index contributed by atoms with van der Waals surface area (Å²) in [4.78, 5) is 10.4. The van der Waals surface area contributed by atoms with Gasteiger partial charge in [0.05, 0.1) is 16.1 Å². The summed E-state index contributed by atoms with van der Waals surface area (Å²) in [5.74, 6) is 2.63. The number of ether oxygens (including phenoxy) is 1. The number of alkyl halides is 1. The quantitative estimate of drug-likeness (QED) is 0.438. The van der Waals surface area contributed by atoms with Crippen LogP contribution in [0.1, 0.15) is 6.92 Å². The van der Waals surface area contributed by atoms with Gasteiger partial charge in [0.25, 0.3) is 0 Å². The van der Waals surface area contributed by atoms with Gasteiger partial charge in [0.2, 0.25) is 0 Å². The molecule has 0 saturated carbocycles. The van der Waals surface area contributed by atoms with Crippen LogP contribution in [0.15, 0.2) is 29.6 Å². The van der Waals surface area contributed by atoms with Gasteiger partial charge < -0.3 is 4.74 Å². The molecule has 0 saturated heterocycles. The number of hydrogen-bond donors (Lipinski definition) is 0. The van der Waals surface area contributed by atoms with Crippen molar-refractivity contribution in [2.24, 2.45) is 0 Å². The molecular formula is C9H9IO2. The summed E-state index contributed by atoms with van der Waals surface area (Å²) in [7, 11) is 0. The molecule has 0 bridgehead atoms. The summed E-state index contributed by atoms with van der Waals surface area (Å²) >= 11 is 2.17. The zero-order valence-corrected chi connectivity index (χ0v) is 8.87. The highest BCUT2D eigenvalue weighted by Crippen LogP contribution is 2.21. The highest BCUT2D eigenvalue weighted by atomic mass is 127. The maximum atomic E-state index is 10.4. The van der Waals surface area contributed by atoms with Crippen LogP contribution >= 0.6 is 22.6 Å². The van der Waals surface area contributed by atoms with E-state index in [1.165, 1.54) is 0 Å². The molecule has 1 aliphatic rings. The van der Waals surface area contributed by atoms with Crippen LogP contribution in [-0.2, 0) is 9.53 Å². The Bertz CT molecular complexity index is 272. The van der Waals surface area contributed by atoms with E-state index in [0.29, 0.717) is 12.2 Å². The van der Waals surface area contributed by atoms with E-state index in [1.54, 1.807) is 6.08 Å². The third-order valence-corrected chi connectivity index (χ3v) is 2.54. The molecule has 12 heavy (non-hydrogen) atoms. The molecule has 1 rings (SSSR count). The van der Waals surface area contributed by atoms with Crippen LogP contribution in [0.3, 0.4) is 0 Å². The number of rotatable bonds is 2. The van der Waals surface area contributed by atoms with Gasteiger partial charge in [-0.25, -0.2) is 4.79 Å². The van der Waals surface area contributed by atoms with Crippen LogP contribution in [0.5, 0.6) is 0 Å². The maximum Gasteiger partial charge on any atom is 0.129 e. The molecule has 0 aromatic carbocycles. The molecule has 0 spiro atoms. The lowest BCUT2D eigenvalue weighted by molar-refractivity contribution is 0.242. The highest BCUT2D eigenvalue weighted by Gasteiger charge is 2.11. The third kappa shape index (κ3) is 2.22. The van der Waals surface area contributed by atoms with Gasteiger partial charge in [0, 0.05) is 0 Å². The number of carbonyl (C=O) groups excluding carboxylic acids is 1. The van der Waals surface area contributed by atoms with Crippen LogP contribution in [0.4, 0.5) is 0 Å². The first-order valence-corrected chi connectivity index (χ1v) is 4.94. The second-order valence-corrected chi connectivity index (χ2v) is 3.64. The average molecular weight is 276 g/mol. The lowest BCUT2D eigenvalue weighted by Gasteiger charge is -2.11. The van der Waals surface area contributed by atoms with Crippen LogP contribution in [0, 0.1) is 0 Å². The molecule has 0 aromatic rings. The highest BCUT2D eigenvalue weighted by molar-refractivity contribution is 14.1. The summed E-state index contributed by atoms with van der Waals surface area (Å²) < 4.78 is 5.36. The summed E-state index contributed by atoms with van der Waals surface area (Å²) in [5.41, 5.74) is 0.640. The number of allylic oxidation sites excluding steroid dienone is 4. The number of hydrogen-bond acceptors (Lipinski definition) is 2. The summed E-state index contributed by atoms with van der Waals surface area (Å²) in [6.45, 7) is 2.53. The Morgan fingerprint density at radius 1 is 1.75 bits per heavy atom. The Labute approximate surface area is 85.1 Å². The van der Waals surface area contributed by atoms with E-state index in [0.717, 1.165) is 5.76 Å². The Morgan fingerprint density at radius 2 is 2.50 bits per heavy atom. The van der Waals surface area contributed by atoms with Gasteiger partial charge in [-0.15, -0.1) is 0 Å². The van der Waals surface area contributed by atoms with E-state index < -0.39 is 0 Å². The summed E-state index contributed by atoms with van der Waals surface area (Å²) in [6.07, 6.45) is 5.53. The molecule has 3 heteroatoms. The minimum atomic E-state index is 0.129. The molecule has 0 N–H and O–H groups in total. The molecule has 0 fully saturated rings. The molecule has 64 valence electrons. The fraction of sp³-hybridized carbons (Fsp3) is 0.333. The average Bonchev–Trinajstić information content (AvgIpc) is 2.09. The van der Waals surface area contributed by atoms with Crippen molar-refractivity contribution in [3.05, 3.63) is 29.6 Å². The van der Waals surface area contributed by atoms with E-state index in [2.05, 4.69) is 22.6 Å². The number of halogens is 1. The first-order valence-electron chi connectivity index (χ1n) is 3.69. The van der Waals surface area contributed by atoms with Gasteiger partial charge in [0.15, 0.2) is 0 Å². The van der Waals surface area contributed by atoms with Gasteiger partial charge in [-0.1, -0.05) is 28.7 Å². The molecule has 0 radical (unpaired) electrons. The smallest absolute Gasteiger partial charge is 0.129 e. The lowest BCUT2D eigenvalue weighted by Crippen LogP contribution is -2.04. The van der Waals surface area contributed by atoms with Crippen molar-refractivity contribution >= 4 is 28.5 Å². The third-order valence-electron chi connectivity index (χ3n) is 1.45. The molecule has 0 heterocycles. The van der Waals surface area contributed by atoms with Crippen LogP contribution in [0.2, 0.25) is 0 Å². The minimum Gasteiger partial charge on any atom is -0.494 e.